The van der Waals surface area contributed by atoms with Gasteiger partial charge < -0.3 is 14.4 Å². The maximum absolute atomic E-state index is 5.57. The molecule has 2 aliphatic rings. The summed E-state index contributed by atoms with van der Waals surface area (Å²) < 4.78 is 11.0. The van der Waals surface area contributed by atoms with Crippen LogP contribution in [0.2, 0.25) is 0 Å². The molecule has 1 aliphatic heterocycles. The highest BCUT2D eigenvalue weighted by Gasteiger charge is 2.33. The number of aromatic nitrogens is 1. The molecule has 1 aliphatic carbocycles. The van der Waals surface area contributed by atoms with Crippen LogP contribution in [0.4, 0.5) is 5.82 Å². The molecule has 0 radical (unpaired) electrons. The lowest BCUT2D eigenvalue weighted by Crippen LogP contribution is -2.21. The van der Waals surface area contributed by atoms with Crippen LogP contribution >= 0.6 is 0 Å². The monoisotopic (exact) mass is 324 g/mol. The minimum absolute atomic E-state index is 0.769. The highest BCUT2D eigenvalue weighted by atomic mass is 16.5. The quantitative estimate of drug-likeness (QED) is 0.800. The molecule has 0 N–H and O–H groups in total. The van der Waals surface area contributed by atoms with Crippen molar-refractivity contribution >= 4 is 16.7 Å². The van der Waals surface area contributed by atoms with Crippen LogP contribution in [-0.4, -0.2) is 32.3 Å². The van der Waals surface area contributed by atoms with Crippen molar-refractivity contribution in [1.29, 1.82) is 0 Å². The van der Waals surface area contributed by atoms with Crippen molar-refractivity contribution in [3.05, 3.63) is 35.9 Å². The third-order valence-electron chi connectivity index (χ3n) is 5.45. The van der Waals surface area contributed by atoms with Gasteiger partial charge in [-0.1, -0.05) is 12.2 Å². The molecule has 24 heavy (non-hydrogen) atoms. The molecular weight excluding hydrogens is 300 g/mol. The highest BCUT2D eigenvalue weighted by molar-refractivity contribution is 5.90. The van der Waals surface area contributed by atoms with Crippen LogP contribution in [0.1, 0.15) is 18.4 Å². The van der Waals surface area contributed by atoms with E-state index in [0.717, 1.165) is 53.1 Å². The van der Waals surface area contributed by atoms with Gasteiger partial charge in [0.2, 0.25) is 0 Å². The Bertz CT molecular complexity index is 784. The zero-order valence-corrected chi connectivity index (χ0v) is 14.6. The fourth-order valence-electron chi connectivity index (χ4n) is 4.05. The normalized spacial score (nSPS) is 22.7. The van der Waals surface area contributed by atoms with Gasteiger partial charge >= 0.3 is 0 Å². The SMILES string of the molecule is COc1cc(OC)c2nc(N3C[C@H]4CC=CC[C@H]4C3)cc(C)c2c1. The van der Waals surface area contributed by atoms with Crippen LogP contribution in [-0.2, 0) is 0 Å². The minimum Gasteiger partial charge on any atom is -0.497 e. The number of hydrogen-bond donors (Lipinski definition) is 0. The summed E-state index contributed by atoms with van der Waals surface area (Å²) in [5.41, 5.74) is 2.13. The standard InChI is InChI=1S/C20H24N2O2/c1-13-8-19(22-11-14-6-4-5-7-15(14)12-22)21-20-17(13)9-16(23-2)10-18(20)24-3/h4-5,8-10,14-15H,6-7,11-12H2,1-3H3/t14-,15+. The molecule has 4 rings (SSSR count). The summed E-state index contributed by atoms with van der Waals surface area (Å²) in [5, 5.41) is 1.09. The van der Waals surface area contributed by atoms with Crippen LogP contribution in [0.3, 0.4) is 0 Å². The van der Waals surface area contributed by atoms with Gasteiger partial charge in [0.05, 0.1) is 14.2 Å². The Morgan fingerprint density at radius 3 is 2.33 bits per heavy atom. The number of benzene rings is 1. The number of methoxy groups -OCH3 is 2. The number of nitrogens with zero attached hydrogens (tertiary/aromatic N) is 2. The van der Waals surface area contributed by atoms with Crippen LogP contribution in [0.5, 0.6) is 11.5 Å². The Morgan fingerprint density at radius 2 is 1.71 bits per heavy atom. The van der Waals surface area contributed by atoms with E-state index in [1.807, 2.05) is 12.1 Å². The molecule has 0 unspecified atom stereocenters. The van der Waals surface area contributed by atoms with E-state index in [0.29, 0.717) is 0 Å². The summed E-state index contributed by atoms with van der Waals surface area (Å²) in [6.45, 7) is 4.34. The minimum atomic E-state index is 0.769. The molecule has 1 aromatic carbocycles. The Kier molecular flexibility index (Phi) is 3.83. The number of hydrogen-bond acceptors (Lipinski definition) is 4. The zero-order chi connectivity index (χ0) is 16.7. The number of anilines is 1. The number of ether oxygens (including phenoxy) is 2. The molecule has 4 heteroatoms. The van der Waals surface area contributed by atoms with E-state index in [2.05, 4.69) is 30.0 Å². The van der Waals surface area contributed by atoms with Gasteiger partial charge in [-0.3, -0.25) is 0 Å². The number of aryl methyl sites for hydroxylation is 1. The summed E-state index contributed by atoms with van der Waals surface area (Å²) >= 11 is 0. The second kappa shape index (κ2) is 6.00. The van der Waals surface area contributed by atoms with E-state index in [1.54, 1.807) is 14.2 Å². The van der Waals surface area contributed by atoms with Crippen LogP contribution < -0.4 is 14.4 Å². The van der Waals surface area contributed by atoms with Gasteiger partial charge in [-0.2, -0.15) is 0 Å². The molecule has 2 aromatic rings. The number of allylic oxidation sites excluding steroid dienone is 2. The first-order valence-corrected chi connectivity index (χ1v) is 8.63. The molecule has 4 nitrogen and oxygen atoms in total. The molecule has 1 saturated heterocycles. The van der Waals surface area contributed by atoms with Crippen molar-refractivity contribution in [3.8, 4) is 11.5 Å². The van der Waals surface area contributed by atoms with Crippen molar-refractivity contribution < 1.29 is 9.47 Å². The van der Waals surface area contributed by atoms with Crippen molar-refractivity contribution in [2.24, 2.45) is 11.8 Å². The van der Waals surface area contributed by atoms with Gasteiger partial charge in [-0.05, 0) is 49.3 Å². The number of pyridine rings is 1. The molecule has 0 saturated carbocycles. The van der Waals surface area contributed by atoms with Crippen molar-refractivity contribution in [2.45, 2.75) is 19.8 Å². The fraction of sp³-hybridized carbons (Fsp3) is 0.450. The van der Waals surface area contributed by atoms with E-state index in [4.69, 9.17) is 14.5 Å². The Morgan fingerprint density at radius 1 is 1.00 bits per heavy atom. The average molecular weight is 324 g/mol. The van der Waals surface area contributed by atoms with Gasteiger partial charge in [0.15, 0.2) is 0 Å². The second-order valence-corrected chi connectivity index (χ2v) is 6.89. The van der Waals surface area contributed by atoms with Gasteiger partial charge in [0.25, 0.3) is 0 Å². The molecule has 126 valence electrons. The summed E-state index contributed by atoms with van der Waals surface area (Å²) in [6.07, 6.45) is 7.07. The lowest BCUT2D eigenvalue weighted by molar-refractivity contribution is 0.397. The summed E-state index contributed by atoms with van der Waals surface area (Å²) in [4.78, 5) is 7.39. The van der Waals surface area contributed by atoms with E-state index in [-0.39, 0.29) is 0 Å². The third kappa shape index (κ3) is 2.50. The number of rotatable bonds is 3. The van der Waals surface area contributed by atoms with Crippen molar-refractivity contribution in [2.75, 3.05) is 32.2 Å². The largest absolute Gasteiger partial charge is 0.497 e. The first-order chi connectivity index (χ1) is 11.7. The van der Waals surface area contributed by atoms with E-state index < -0.39 is 0 Å². The smallest absolute Gasteiger partial charge is 0.148 e. The molecule has 0 bridgehead atoms. The predicted octanol–water partition coefficient (Wildman–Crippen LogP) is 3.96. The Labute approximate surface area is 143 Å². The first-order valence-electron chi connectivity index (χ1n) is 8.63. The molecule has 0 amide bonds. The van der Waals surface area contributed by atoms with Gasteiger partial charge in [0.1, 0.15) is 22.8 Å². The van der Waals surface area contributed by atoms with Crippen LogP contribution in [0, 0.1) is 18.8 Å². The van der Waals surface area contributed by atoms with E-state index in [1.165, 1.54) is 18.4 Å². The lowest BCUT2D eigenvalue weighted by atomic mass is 9.86. The Balaban J connectivity index is 1.75. The Hall–Kier alpha value is -2.23. The third-order valence-corrected chi connectivity index (χ3v) is 5.45. The maximum atomic E-state index is 5.57. The van der Waals surface area contributed by atoms with Gasteiger partial charge in [-0.25, -0.2) is 4.98 Å². The van der Waals surface area contributed by atoms with Crippen molar-refractivity contribution in [3.63, 3.8) is 0 Å². The molecule has 0 spiro atoms. The topological polar surface area (TPSA) is 34.6 Å². The molecule has 1 fully saturated rings. The van der Waals surface area contributed by atoms with Gasteiger partial charge in [-0.15, -0.1) is 0 Å². The zero-order valence-electron chi connectivity index (χ0n) is 14.6. The maximum Gasteiger partial charge on any atom is 0.148 e. The molecule has 2 heterocycles. The summed E-state index contributed by atoms with van der Waals surface area (Å²) in [5.74, 6) is 4.18. The van der Waals surface area contributed by atoms with Crippen molar-refractivity contribution in [1.82, 2.24) is 4.98 Å². The summed E-state index contributed by atoms with van der Waals surface area (Å²) in [7, 11) is 3.37. The van der Waals surface area contributed by atoms with Crippen LogP contribution in [0.15, 0.2) is 30.4 Å². The highest BCUT2D eigenvalue weighted by Crippen LogP contribution is 2.38. The van der Waals surface area contributed by atoms with E-state index >= 15 is 0 Å². The summed E-state index contributed by atoms with van der Waals surface area (Å²) in [6, 6.07) is 6.15. The number of fused-ring (bicyclic) bond motifs is 2. The average Bonchev–Trinajstić information content (AvgIpc) is 3.05. The predicted molar refractivity (Wildman–Crippen MR) is 97.2 cm³/mol. The second-order valence-electron chi connectivity index (χ2n) is 6.89. The molecule has 1 aromatic heterocycles. The molecule has 2 atom stereocenters. The first kappa shape index (κ1) is 15.3. The fourth-order valence-corrected chi connectivity index (χ4v) is 4.05. The van der Waals surface area contributed by atoms with Crippen LogP contribution in [0.25, 0.3) is 10.9 Å². The molecular formula is C20H24N2O2. The van der Waals surface area contributed by atoms with Gasteiger partial charge in [0, 0.05) is 24.5 Å². The lowest BCUT2D eigenvalue weighted by Gasteiger charge is -2.20. The van der Waals surface area contributed by atoms with E-state index in [9.17, 15) is 0 Å².